The first-order valence-corrected chi connectivity index (χ1v) is 6.31. The first-order chi connectivity index (χ1) is 6.93. The van der Waals surface area contributed by atoms with E-state index in [1.54, 1.807) is 11.8 Å². The third-order valence-electron chi connectivity index (χ3n) is 2.18. The molecule has 0 amide bonds. The van der Waals surface area contributed by atoms with Gasteiger partial charge in [0.15, 0.2) is 0 Å². The van der Waals surface area contributed by atoms with E-state index in [0.29, 0.717) is 12.1 Å². The Labute approximate surface area is 98.8 Å². The Morgan fingerprint density at radius 3 is 1.93 bits per heavy atom. The summed E-state index contributed by atoms with van der Waals surface area (Å²) in [5.74, 6) is 0. The fourth-order valence-electron chi connectivity index (χ4n) is 1.56. The lowest BCUT2D eigenvalue weighted by Crippen LogP contribution is -2.35. The lowest BCUT2D eigenvalue weighted by Gasteiger charge is -2.34. The largest absolute Gasteiger partial charge is 0.361 e. The van der Waals surface area contributed by atoms with E-state index < -0.39 is 0 Å². The average Bonchev–Trinajstić information content (AvgIpc) is 2.15. The standard InChI is InChI=1S/C12H24N2S/c1-8-12(15-11(6)13-7)14(9(2)3)10(4)5/h8-10H,1-7H3/b12-8-,13-11?. The fourth-order valence-corrected chi connectivity index (χ4v) is 2.60. The molecule has 0 aliphatic heterocycles. The van der Waals surface area contributed by atoms with Gasteiger partial charge in [-0.3, -0.25) is 4.99 Å². The molecule has 0 saturated carbocycles. The highest BCUT2D eigenvalue weighted by atomic mass is 32.2. The molecule has 88 valence electrons. The minimum atomic E-state index is 0.522. The van der Waals surface area contributed by atoms with Gasteiger partial charge in [0.1, 0.15) is 0 Å². The van der Waals surface area contributed by atoms with E-state index >= 15 is 0 Å². The van der Waals surface area contributed by atoms with Gasteiger partial charge in [-0.1, -0.05) is 17.8 Å². The number of aliphatic imine (C=N–C) groups is 1. The number of allylic oxidation sites excluding steroid dienone is 1. The monoisotopic (exact) mass is 228 g/mol. The third kappa shape index (κ3) is 4.74. The molecule has 0 fully saturated rings. The van der Waals surface area contributed by atoms with Crippen molar-refractivity contribution in [3.8, 4) is 0 Å². The van der Waals surface area contributed by atoms with Crippen molar-refractivity contribution in [2.45, 2.75) is 53.6 Å². The van der Waals surface area contributed by atoms with Crippen molar-refractivity contribution in [3.05, 3.63) is 11.1 Å². The highest BCUT2D eigenvalue weighted by Gasteiger charge is 2.17. The second-order valence-corrected chi connectivity index (χ2v) is 5.28. The molecular weight excluding hydrogens is 204 g/mol. The molecule has 0 radical (unpaired) electrons. The van der Waals surface area contributed by atoms with Crippen molar-refractivity contribution >= 4 is 16.8 Å². The highest BCUT2D eigenvalue weighted by molar-refractivity contribution is 8.17. The molecule has 0 heterocycles. The molecule has 0 aliphatic carbocycles. The van der Waals surface area contributed by atoms with Crippen molar-refractivity contribution in [2.24, 2.45) is 4.99 Å². The van der Waals surface area contributed by atoms with Gasteiger partial charge in [0, 0.05) is 19.1 Å². The summed E-state index contributed by atoms with van der Waals surface area (Å²) < 4.78 is 0. The molecule has 15 heavy (non-hydrogen) atoms. The third-order valence-corrected chi connectivity index (χ3v) is 3.31. The van der Waals surface area contributed by atoms with Crippen LogP contribution < -0.4 is 0 Å². The Morgan fingerprint density at radius 1 is 1.20 bits per heavy atom. The Kier molecular flexibility index (Phi) is 6.73. The summed E-state index contributed by atoms with van der Waals surface area (Å²) in [4.78, 5) is 6.61. The molecule has 0 rings (SSSR count). The van der Waals surface area contributed by atoms with Crippen LogP contribution in [-0.2, 0) is 0 Å². The summed E-state index contributed by atoms with van der Waals surface area (Å²) in [6.45, 7) is 13.0. The van der Waals surface area contributed by atoms with Crippen molar-refractivity contribution < 1.29 is 0 Å². The van der Waals surface area contributed by atoms with Gasteiger partial charge in [-0.25, -0.2) is 0 Å². The lowest BCUT2D eigenvalue weighted by molar-refractivity contribution is 0.249. The van der Waals surface area contributed by atoms with E-state index in [1.165, 1.54) is 5.03 Å². The van der Waals surface area contributed by atoms with Crippen LogP contribution in [0.25, 0.3) is 0 Å². The maximum atomic E-state index is 4.19. The van der Waals surface area contributed by atoms with Gasteiger partial charge < -0.3 is 4.90 Å². The van der Waals surface area contributed by atoms with Gasteiger partial charge in [0.25, 0.3) is 0 Å². The Morgan fingerprint density at radius 2 is 1.67 bits per heavy atom. The van der Waals surface area contributed by atoms with E-state index in [-0.39, 0.29) is 0 Å². The first-order valence-electron chi connectivity index (χ1n) is 5.49. The molecule has 0 aromatic carbocycles. The van der Waals surface area contributed by atoms with E-state index in [0.717, 1.165) is 5.04 Å². The zero-order valence-electron chi connectivity index (χ0n) is 11.0. The van der Waals surface area contributed by atoms with Gasteiger partial charge in [0.05, 0.1) is 10.1 Å². The fraction of sp³-hybridized carbons (Fsp3) is 0.750. The minimum absolute atomic E-state index is 0.522. The Bertz CT molecular complexity index is 234. The molecule has 0 aliphatic rings. The smallest absolute Gasteiger partial charge is 0.0728 e. The number of hydrogen-bond donors (Lipinski definition) is 0. The molecule has 0 aromatic rings. The zero-order chi connectivity index (χ0) is 12.0. The van der Waals surface area contributed by atoms with Crippen molar-refractivity contribution in [3.63, 3.8) is 0 Å². The summed E-state index contributed by atoms with van der Waals surface area (Å²) in [6.07, 6.45) is 2.17. The quantitative estimate of drug-likeness (QED) is 0.538. The predicted molar refractivity (Wildman–Crippen MR) is 72.5 cm³/mol. The van der Waals surface area contributed by atoms with Gasteiger partial charge in [0.2, 0.25) is 0 Å². The summed E-state index contributed by atoms with van der Waals surface area (Å²) in [5.41, 5.74) is 0. The summed E-state index contributed by atoms with van der Waals surface area (Å²) in [6, 6.07) is 1.04. The Balaban J connectivity index is 4.78. The summed E-state index contributed by atoms with van der Waals surface area (Å²) in [7, 11) is 1.84. The molecular formula is C12H24N2S. The molecule has 2 nitrogen and oxygen atoms in total. The lowest BCUT2D eigenvalue weighted by atomic mass is 10.2. The predicted octanol–water partition coefficient (Wildman–Crippen LogP) is 3.75. The van der Waals surface area contributed by atoms with Crippen LogP contribution in [0.2, 0.25) is 0 Å². The van der Waals surface area contributed by atoms with Gasteiger partial charge in [-0.2, -0.15) is 0 Å². The van der Waals surface area contributed by atoms with Crippen molar-refractivity contribution in [2.75, 3.05) is 7.05 Å². The normalized spacial score (nSPS) is 13.9. The second kappa shape index (κ2) is 6.94. The van der Waals surface area contributed by atoms with Gasteiger partial charge >= 0.3 is 0 Å². The van der Waals surface area contributed by atoms with Crippen LogP contribution >= 0.6 is 11.8 Å². The average molecular weight is 228 g/mol. The minimum Gasteiger partial charge on any atom is -0.361 e. The SMILES string of the molecule is C/C=C(\SC(C)=NC)N(C(C)C)C(C)C. The topological polar surface area (TPSA) is 15.6 Å². The van der Waals surface area contributed by atoms with Gasteiger partial charge in [-0.15, -0.1) is 0 Å². The van der Waals surface area contributed by atoms with Gasteiger partial charge in [-0.05, 0) is 41.5 Å². The maximum absolute atomic E-state index is 4.19. The molecule has 0 atom stereocenters. The number of nitrogens with zero attached hydrogens (tertiary/aromatic N) is 2. The van der Waals surface area contributed by atoms with E-state index in [4.69, 9.17) is 0 Å². The van der Waals surface area contributed by atoms with Crippen LogP contribution in [0.5, 0.6) is 0 Å². The van der Waals surface area contributed by atoms with Crippen molar-refractivity contribution in [1.29, 1.82) is 0 Å². The molecule has 0 bridgehead atoms. The second-order valence-electron chi connectivity index (χ2n) is 4.07. The van der Waals surface area contributed by atoms with Crippen LogP contribution in [0.15, 0.2) is 16.1 Å². The summed E-state index contributed by atoms with van der Waals surface area (Å²) in [5, 5.41) is 2.40. The first kappa shape index (κ1) is 14.6. The molecule has 0 aromatic heterocycles. The van der Waals surface area contributed by atoms with Crippen LogP contribution in [0.4, 0.5) is 0 Å². The number of thioether (sulfide) groups is 1. The molecule has 0 unspecified atom stereocenters. The van der Waals surface area contributed by atoms with E-state index in [9.17, 15) is 0 Å². The summed E-state index contributed by atoms with van der Waals surface area (Å²) >= 11 is 1.75. The van der Waals surface area contributed by atoms with Crippen LogP contribution in [0.3, 0.4) is 0 Å². The molecule has 0 N–H and O–H groups in total. The molecule has 3 heteroatoms. The highest BCUT2D eigenvalue weighted by Crippen LogP contribution is 2.26. The maximum Gasteiger partial charge on any atom is 0.0728 e. The van der Waals surface area contributed by atoms with Crippen LogP contribution in [0.1, 0.15) is 41.5 Å². The van der Waals surface area contributed by atoms with Crippen molar-refractivity contribution in [1.82, 2.24) is 4.90 Å². The number of hydrogen-bond acceptors (Lipinski definition) is 3. The zero-order valence-corrected chi connectivity index (χ0v) is 11.9. The van der Waals surface area contributed by atoms with Crippen LogP contribution in [0, 0.1) is 0 Å². The number of rotatable bonds is 4. The molecule has 0 saturated heterocycles. The molecule has 0 spiro atoms. The van der Waals surface area contributed by atoms with E-state index in [1.807, 2.05) is 14.0 Å². The Hall–Kier alpha value is -0.440. The van der Waals surface area contributed by atoms with E-state index in [2.05, 4.69) is 50.6 Å². The van der Waals surface area contributed by atoms with Crippen LogP contribution in [-0.4, -0.2) is 29.1 Å².